The number of nitrogens with zero attached hydrogens (tertiary/aromatic N) is 4. The minimum absolute atomic E-state index is 0.0169. The third-order valence-electron chi connectivity index (χ3n) is 5.33. The van der Waals surface area contributed by atoms with Crippen LogP contribution in [0.4, 0.5) is 0 Å². The van der Waals surface area contributed by atoms with Crippen LogP contribution in [0.25, 0.3) is 11.1 Å². The number of hydrogen-bond donors (Lipinski definition) is 1. The molecule has 6 heteroatoms. The minimum Gasteiger partial charge on any atom is -0.337 e. The molecule has 27 heavy (non-hydrogen) atoms. The molecule has 1 aliphatic rings. The highest BCUT2D eigenvalue weighted by atomic mass is 16.2. The molecule has 1 amide bonds. The molecule has 140 valence electrons. The normalized spacial score (nSPS) is 17.3. The highest BCUT2D eigenvalue weighted by molar-refractivity contribution is 5.92. The highest BCUT2D eigenvalue weighted by Crippen LogP contribution is 2.33. The van der Waals surface area contributed by atoms with Gasteiger partial charge in [0.1, 0.15) is 5.69 Å². The van der Waals surface area contributed by atoms with Crippen molar-refractivity contribution in [3.8, 4) is 11.1 Å². The summed E-state index contributed by atoms with van der Waals surface area (Å²) in [4.78, 5) is 14.8. The number of likely N-dealkylation sites (tertiary alicyclic amines) is 1. The number of benzene rings is 1. The monoisotopic (exact) mass is 363 g/mol. The molecular weight excluding hydrogens is 338 g/mol. The second-order valence-corrected chi connectivity index (χ2v) is 7.21. The Bertz CT molecular complexity index is 924. The molecule has 0 spiro atoms. The molecule has 3 aromatic rings. The van der Waals surface area contributed by atoms with Crippen LogP contribution in [0.2, 0.25) is 0 Å². The Morgan fingerprint density at radius 1 is 1.26 bits per heavy atom. The number of carbonyl (C=O) groups is 1. The Kier molecular flexibility index (Phi) is 4.79. The molecule has 0 unspecified atom stereocenters. The molecule has 2 aromatic heterocycles. The first-order valence-electron chi connectivity index (χ1n) is 9.58. The van der Waals surface area contributed by atoms with Gasteiger partial charge in [-0.05, 0) is 38.3 Å². The van der Waals surface area contributed by atoms with Crippen molar-refractivity contribution in [2.45, 2.75) is 39.2 Å². The molecule has 0 radical (unpaired) electrons. The van der Waals surface area contributed by atoms with Crippen LogP contribution in [-0.4, -0.2) is 43.9 Å². The van der Waals surface area contributed by atoms with Crippen molar-refractivity contribution in [3.63, 3.8) is 0 Å². The molecular formula is C21H25N5O. The maximum atomic E-state index is 12.9. The predicted molar refractivity (Wildman–Crippen MR) is 105 cm³/mol. The number of H-pyrrole nitrogens is 1. The fraction of sp³-hybridized carbons (Fsp3) is 0.381. The van der Waals surface area contributed by atoms with Crippen LogP contribution in [0.1, 0.15) is 47.4 Å². The fourth-order valence-corrected chi connectivity index (χ4v) is 3.78. The topological polar surface area (TPSA) is 66.8 Å². The lowest BCUT2D eigenvalue weighted by molar-refractivity contribution is 0.0699. The van der Waals surface area contributed by atoms with E-state index in [-0.39, 0.29) is 11.8 Å². The molecule has 1 saturated heterocycles. The fourth-order valence-electron chi connectivity index (χ4n) is 3.78. The van der Waals surface area contributed by atoms with Crippen LogP contribution < -0.4 is 0 Å². The lowest BCUT2D eigenvalue weighted by atomic mass is 9.90. The number of aromatic amines is 1. The van der Waals surface area contributed by atoms with Crippen LogP contribution >= 0.6 is 0 Å². The lowest BCUT2D eigenvalue weighted by Crippen LogP contribution is -2.39. The molecule has 0 bridgehead atoms. The second kappa shape index (κ2) is 7.39. The molecule has 1 N–H and O–H groups in total. The largest absolute Gasteiger partial charge is 0.337 e. The average Bonchev–Trinajstić information content (AvgIpc) is 3.38. The van der Waals surface area contributed by atoms with E-state index in [1.165, 1.54) is 5.56 Å². The van der Waals surface area contributed by atoms with Gasteiger partial charge in [0.2, 0.25) is 0 Å². The Balaban J connectivity index is 1.54. The summed E-state index contributed by atoms with van der Waals surface area (Å²) in [6.07, 6.45) is 5.79. The maximum absolute atomic E-state index is 12.9. The third kappa shape index (κ3) is 3.52. The van der Waals surface area contributed by atoms with E-state index in [1.54, 1.807) is 4.68 Å². The van der Waals surface area contributed by atoms with E-state index < -0.39 is 0 Å². The van der Waals surface area contributed by atoms with Crippen LogP contribution in [0.3, 0.4) is 0 Å². The SMILES string of the molecule is CCn1ccc(C(=O)N2CCC[C@H](c3[nH]ncc3-c3ccc(C)cc3)C2)n1. The summed E-state index contributed by atoms with van der Waals surface area (Å²) in [5.41, 5.74) is 5.18. The van der Waals surface area contributed by atoms with Crippen molar-refractivity contribution >= 4 is 5.91 Å². The van der Waals surface area contributed by atoms with Crippen LogP contribution in [0.5, 0.6) is 0 Å². The first-order chi connectivity index (χ1) is 13.2. The van der Waals surface area contributed by atoms with Gasteiger partial charge in [-0.15, -0.1) is 0 Å². The van der Waals surface area contributed by atoms with Crippen molar-refractivity contribution in [3.05, 3.63) is 59.7 Å². The molecule has 1 atom stereocenters. The van der Waals surface area contributed by atoms with E-state index in [2.05, 4.69) is 46.5 Å². The molecule has 1 aliphatic heterocycles. The Morgan fingerprint density at radius 3 is 2.81 bits per heavy atom. The standard InChI is InChI=1S/C21H25N5O/c1-3-26-12-10-19(24-26)21(27)25-11-4-5-17(14-25)20-18(13-22-23-20)16-8-6-15(2)7-9-16/h6-10,12-13,17H,3-5,11,14H2,1-2H3,(H,22,23)/t17-/m0/s1. The van der Waals surface area contributed by atoms with Gasteiger partial charge in [-0.25, -0.2) is 0 Å². The minimum atomic E-state index is 0.0169. The number of aromatic nitrogens is 4. The number of hydrogen-bond acceptors (Lipinski definition) is 3. The molecule has 4 rings (SSSR count). The first kappa shape index (κ1) is 17.5. The molecule has 3 heterocycles. The second-order valence-electron chi connectivity index (χ2n) is 7.21. The number of rotatable bonds is 4. The Morgan fingerprint density at radius 2 is 2.07 bits per heavy atom. The van der Waals surface area contributed by atoms with Gasteiger partial charge < -0.3 is 4.90 Å². The summed E-state index contributed by atoms with van der Waals surface area (Å²) >= 11 is 0. The summed E-state index contributed by atoms with van der Waals surface area (Å²) < 4.78 is 1.79. The highest BCUT2D eigenvalue weighted by Gasteiger charge is 2.29. The first-order valence-corrected chi connectivity index (χ1v) is 9.58. The Hall–Kier alpha value is -2.89. The zero-order valence-corrected chi connectivity index (χ0v) is 15.9. The quantitative estimate of drug-likeness (QED) is 0.770. The van der Waals surface area contributed by atoms with Gasteiger partial charge in [-0.1, -0.05) is 29.8 Å². The number of carbonyl (C=O) groups excluding carboxylic acids is 1. The lowest BCUT2D eigenvalue weighted by Gasteiger charge is -2.32. The van der Waals surface area contributed by atoms with Gasteiger partial charge >= 0.3 is 0 Å². The van der Waals surface area contributed by atoms with Gasteiger partial charge in [-0.2, -0.15) is 10.2 Å². The Labute approximate surface area is 159 Å². The average molecular weight is 363 g/mol. The van der Waals surface area contributed by atoms with Crippen molar-refractivity contribution in [2.75, 3.05) is 13.1 Å². The van der Waals surface area contributed by atoms with Crippen LogP contribution in [0, 0.1) is 6.92 Å². The van der Waals surface area contributed by atoms with Crippen molar-refractivity contribution in [2.24, 2.45) is 0 Å². The van der Waals surface area contributed by atoms with Gasteiger partial charge in [0.15, 0.2) is 0 Å². The molecule has 6 nitrogen and oxygen atoms in total. The summed E-state index contributed by atoms with van der Waals surface area (Å²) in [6.45, 7) is 6.35. The van der Waals surface area contributed by atoms with E-state index >= 15 is 0 Å². The predicted octanol–water partition coefficient (Wildman–Crippen LogP) is 3.62. The maximum Gasteiger partial charge on any atom is 0.274 e. The van der Waals surface area contributed by atoms with E-state index in [4.69, 9.17) is 0 Å². The number of amides is 1. The number of aryl methyl sites for hydroxylation is 2. The van der Waals surface area contributed by atoms with E-state index in [1.807, 2.05) is 30.3 Å². The van der Waals surface area contributed by atoms with Crippen molar-refractivity contribution in [1.29, 1.82) is 0 Å². The van der Waals surface area contributed by atoms with Crippen LogP contribution in [-0.2, 0) is 6.54 Å². The number of piperidine rings is 1. The smallest absolute Gasteiger partial charge is 0.274 e. The zero-order valence-electron chi connectivity index (χ0n) is 15.9. The third-order valence-corrected chi connectivity index (χ3v) is 5.33. The van der Waals surface area contributed by atoms with E-state index in [0.29, 0.717) is 12.2 Å². The van der Waals surface area contributed by atoms with Gasteiger partial charge in [0, 0.05) is 43.0 Å². The molecule has 1 fully saturated rings. The summed E-state index contributed by atoms with van der Waals surface area (Å²) in [6, 6.07) is 10.3. The summed E-state index contributed by atoms with van der Waals surface area (Å²) in [7, 11) is 0. The van der Waals surface area contributed by atoms with Crippen molar-refractivity contribution < 1.29 is 4.79 Å². The molecule has 0 aliphatic carbocycles. The van der Waals surface area contributed by atoms with Gasteiger partial charge in [0.05, 0.1) is 6.20 Å². The molecule has 1 aromatic carbocycles. The van der Waals surface area contributed by atoms with E-state index in [0.717, 1.165) is 42.8 Å². The van der Waals surface area contributed by atoms with Gasteiger partial charge in [0.25, 0.3) is 5.91 Å². The van der Waals surface area contributed by atoms with Crippen LogP contribution in [0.15, 0.2) is 42.7 Å². The summed E-state index contributed by atoms with van der Waals surface area (Å²) in [5, 5.41) is 11.9. The van der Waals surface area contributed by atoms with Crippen molar-refractivity contribution in [1.82, 2.24) is 24.9 Å². The van der Waals surface area contributed by atoms with E-state index in [9.17, 15) is 4.79 Å². The summed E-state index contributed by atoms with van der Waals surface area (Å²) in [5.74, 6) is 0.276. The van der Waals surface area contributed by atoms with Gasteiger partial charge in [-0.3, -0.25) is 14.6 Å². The zero-order chi connectivity index (χ0) is 18.8. The number of nitrogens with one attached hydrogen (secondary N) is 1. The molecule has 0 saturated carbocycles.